The van der Waals surface area contributed by atoms with Gasteiger partial charge in [-0.05, 0) is 31.6 Å². The predicted octanol–water partition coefficient (Wildman–Crippen LogP) is 2.39. The van der Waals surface area contributed by atoms with Gasteiger partial charge >= 0.3 is 5.97 Å². The monoisotopic (exact) mass is 214 g/mol. The minimum atomic E-state index is -0.0580. The SMILES string of the molecule is COC(=O)C1CCC(OCC(C)C)CC1. The van der Waals surface area contributed by atoms with E-state index in [1.165, 1.54) is 7.11 Å². The van der Waals surface area contributed by atoms with Crippen molar-refractivity contribution in [3.05, 3.63) is 0 Å². The van der Waals surface area contributed by atoms with Gasteiger partial charge < -0.3 is 9.47 Å². The maximum Gasteiger partial charge on any atom is 0.308 e. The molecule has 0 amide bonds. The Bertz CT molecular complexity index is 193. The van der Waals surface area contributed by atoms with Gasteiger partial charge in [0.15, 0.2) is 0 Å². The van der Waals surface area contributed by atoms with Crippen LogP contribution in [0.1, 0.15) is 39.5 Å². The molecule has 0 N–H and O–H groups in total. The van der Waals surface area contributed by atoms with E-state index >= 15 is 0 Å². The van der Waals surface area contributed by atoms with Crippen LogP contribution in [0.4, 0.5) is 0 Å². The first-order valence-electron chi connectivity index (χ1n) is 5.83. The summed E-state index contributed by atoms with van der Waals surface area (Å²) in [5.41, 5.74) is 0. The van der Waals surface area contributed by atoms with Gasteiger partial charge in [0.1, 0.15) is 0 Å². The van der Waals surface area contributed by atoms with Crippen LogP contribution in [0.2, 0.25) is 0 Å². The molecule has 0 spiro atoms. The summed E-state index contributed by atoms with van der Waals surface area (Å²) in [4.78, 5) is 11.3. The second kappa shape index (κ2) is 6.11. The zero-order valence-corrected chi connectivity index (χ0v) is 9.99. The molecule has 1 aliphatic carbocycles. The van der Waals surface area contributed by atoms with Crippen LogP contribution in [-0.4, -0.2) is 25.8 Å². The standard InChI is InChI=1S/C12H22O3/c1-9(2)8-15-11-6-4-10(5-7-11)12(13)14-3/h9-11H,4-8H2,1-3H3. The molecule has 0 heterocycles. The van der Waals surface area contributed by atoms with Gasteiger partial charge in [-0.3, -0.25) is 4.79 Å². The quantitative estimate of drug-likeness (QED) is 0.674. The molecule has 0 saturated heterocycles. The topological polar surface area (TPSA) is 35.5 Å². The van der Waals surface area contributed by atoms with E-state index in [4.69, 9.17) is 9.47 Å². The maximum atomic E-state index is 11.3. The van der Waals surface area contributed by atoms with Crippen molar-refractivity contribution in [2.24, 2.45) is 11.8 Å². The highest BCUT2D eigenvalue weighted by Crippen LogP contribution is 2.27. The van der Waals surface area contributed by atoms with Crippen molar-refractivity contribution in [1.29, 1.82) is 0 Å². The van der Waals surface area contributed by atoms with Gasteiger partial charge in [-0.15, -0.1) is 0 Å². The summed E-state index contributed by atoms with van der Waals surface area (Å²) in [5, 5.41) is 0. The molecule has 1 fully saturated rings. The second-order valence-electron chi connectivity index (χ2n) is 4.72. The zero-order chi connectivity index (χ0) is 11.3. The van der Waals surface area contributed by atoms with Crippen LogP contribution < -0.4 is 0 Å². The van der Waals surface area contributed by atoms with Crippen LogP contribution in [0.5, 0.6) is 0 Å². The molecule has 1 rings (SSSR count). The molecule has 0 aromatic rings. The molecule has 1 aliphatic rings. The summed E-state index contributed by atoms with van der Waals surface area (Å²) in [6, 6.07) is 0. The number of carbonyl (C=O) groups is 1. The van der Waals surface area contributed by atoms with Gasteiger partial charge in [-0.2, -0.15) is 0 Å². The summed E-state index contributed by atoms with van der Waals surface area (Å²) in [7, 11) is 1.46. The van der Waals surface area contributed by atoms with Crippen molar-refractivity contribution in [3.8, 4) is 0 Å². The Kier molecular flexibility index (Phi) is 5.09. The first-order valence-corrected chi connectivity index (χ1v) is 5.83. The summed E-state index contributed by atoms with van der Waals surface area (Å²) < 4.78 is 10.5. The Morgan fingerprint density at radius 1 is 1.27 bits per heavy atom. The van der Waals surface area contributed by atoms with Crippen LogP contribution >= 0.6 is 0 Å². The molecule has 3 heteroatoms. The van der Waals surface area contributed by atoms with E-state index in [2.05, 4.69) is 13.8 Å². The van der Waals surface area contributed by atoms with E-state index in [9.17, 15) is 4.79 Å². The normalized spacial score (nSPS) is 26.7. The van der Waals surface area contributed by atoms with E-state index < -0.39 is 0 Å². The fourth-order valence-electron chi connectivity index (χ4n) is 1.96. The van der Waals surface area contributed by atoms with E-state index in [-0.39, 0.29) is 11.9 Å². The lowest BCUT2D eigenvalue weighted by atomic mass is 9.87. The molecule has 0 atom stereocenters. The first kappa shape index (κ1) is 12.5. The fourth-order valence-corrected chi connectivity index (χ4v) is 1.96. The maximum absolute atomic E-state index is 11.3. The van der Waals surface area contributed by atoms with Crippen molar-refractivity contribution in [2.45, 2.75) is 45.6 Å². The van der Waals surface area contributed by atoms with Crippen LogP contribution in [0, 0.1) is 11.8 Å². The molecule has 0 radical (unpaired) electrons. The lowest BCUT2D eigenvalue weighted by Crippen LogP contribution is -2.27. The smallest absolute Gasteiger partial charge is 0.308 e. The van der Waals surface area contributed by atoms with Gasteiger partial charge in [0.05, 0.1) is 19.1 Å². The Hall–Kier alpha value is -0.570. The highest BCUT2D eigenvalue weighted by atomic mass is 16.5. The van der Waals surface area contributed by atoms with Gasteiger partial charge in [0.25, 0.3) is 0 Å². The number of esters is 1. The van der Waals surface area contributed by atoms with Crippen LogP contribution in [-0.2, 0) is 14.3 Å². The van der Waals surface area contributed by atoms with Crippen LogP contribution in [0.3, 0.4) is 0 Å². The summed E-state index contributed by atoms with van der Waals surface area (Å²) in [5.74, 6) is 0.634. The lowest BCUT2D eigenvalue weighted by Gasteiger charge is -2.27. The fraction of sp³-hybridized carbons (Fsp3) is 0.917. The summed E-state index contributed by atoms with van der Waals surface area (Å²) in [6.45, 7) is 5.13. The molecule has 15 heavy (non-hydrogen) atoms. The van der Waals surface area contributed by atoms with E-state index in [1.807, 2.05) is 0 Å². The van der Waals surface area contributed by atoms with E-state index in [1.54, 1.807) is 0 Å². The first-order chi connectivity index (χ1) is 7.13. The molecule has 3 nitrogen and oxygen atoms in total. The molecule has 0 aromatic heterocycles. The van der Waals surface area contributed by atoms with Crippen LogP contribution in [0.15, 0.2) is 0 Å². The van der Waals surface area contributed by atoms with Crippen molar-refractivity contribution >= 4 is 5.97 Å². The minimum absolute atomic E-state index is 0.0580. The van der Waals surface area contributed by atoms with Crippen molar-refractivity contribution in [3.63, 3.8) is 0 Å². The number of ether oxygens (including phenoxy) is 2. The number of hydrogen-bond donors (Lipinski definition) is 0. The third kappa shape index (κ3) is 4.20. The van der Waals surface area contributed by atoms with Gasteiger partial charge in [-0.25, -0.2) is 0 Å². The summed E-state index contributed by atoms with van der Waals surface area (Å²) in [6.07, 6.45) is 4.16. The van der Waals surface area contributed by atoms with Crippen molar-refractivity contribution < 1.29 is 14.3 Å². The summed E-state index contributed by atoms with van der Waals surface area (Å²) >= 11 is 0. The molecule has 0 unspecified atom stereocenters. The predicted molar refractivity (Wildman–Crippen MR) is 58.6 cm³/mol. The number of carbonyl (C=O) groups excluding carboxylic acids is 1. The highest BCUT2D eigenvalue weighted by Gasteiger charge is 2.27. The molecule has 88 valence electrons. The molecule has 1 saturated carbocycles. The number of hydrogen-bond acceptors (Lipinski definition) is 3. The van der Waals surface area contributed by atoms with Gasteiger partial charge in [-0.1, -0.05) is 13.8 Å². The van der Waals surface area contributed by atoms with E-state index in [0.717, 1.165) is 32.3 Å². The second-order valence-corrected chi connectivity index (χ2v) is 4.72. The Balaban J connectivity index is 2.21. The number of methoxy groups -OCH3 is 1. The largest absolute Gasteiger partial charge is 0.469 e. The molecule has 0 aliphatic heterocycles. The van der Waals surface area contributed by atoms with E-state index in [0.29, 0.717) is 12.0 Å². The average Bonchev–Trinajstić information content (AvgIpc) is 2.26. The lowest BCUT2D eigenvalue weighted by molar-refractivity contribution is -0.147. The molecule has 0 bridgehead atoms. The molecular weight excluding hydrogens is 192 g/mol. The van der Waals surface area contributed by atoms with Gasteiger partial charge in [0.2, 0.25) is 0 Å². The third-order valence-corrected chi connectivity index (χ3v) is 2.87. The zero-order valence-electron chi connectivity index (χ0n) is 9.99. The average molecular weight is 214 g/mol. The Morgan fingerprint density at radius 3 is 2.33 bits per heavy atom. The Labute approximate surface area is 92.1 Å². The van der Waals surface area contributed by atoms with Crippen molar-refractivity contribution in [1.82, 2.24) is 0 Å². The third-order valence-electron chi connectivity index (χ3n) is 2.87. The van der Waals surface area contributed by atoms with Gasteiger partial charge in [0, 0.05) is 6.61 Å². The van der Waals surface area contributed by atoms with Crippen LogP contribution in [0.25, 0.3) is 0 Å². The Morgan fingerprint density at radius 2 is 1.87 bits per heavy atom. The van der Waals surface area contributed by atoms with Crippen molar-refractivity contribution in [2.75, 3.05) is 13.7 Å². The minimum Gasteiger partial charge on any atom is -0.469 e. The number of rotatable bonds is 4. The molecular formula is C12H22O3. The molecule has 0 aromatic carbocycles. The highest BCUT2D eigenvalue weighted by molar-refractivity contribution is 5.72.